The molecule has 0 spiro atoms. The molecule has 0 heterocycles. The molecule has 0 aromatic heterocycles. The number of hydrogen-bond donors (Lipinski definition) is 3. The third kappa shape index (κ3) is 6.96. The lowest BCUT2D eigenvalue weighted by molar-refractivity contribution is -0.157. The van der Waals surface area contributed by atoms with E-state index >= 15 is 0 Å². The molecule has 0 saturated heterocycles. The Morgan fingerprint density at radius 1 is 1.07 bits per heavy atom. The molecule has 27 heavy (non-hydrogen) atoms. The van der Waals surface area contributed by atoms with Gasteiger partial charge in [0.15, 0.2) is 6.10 Å². The predicted molar refractivity (Wildman–Crippen MR) is 97.0 cm³/mol. The van der Waals surface area contributed by atoms with Gasteiger partial charge in [0.25, 0.3) is 11.8 Å². The molecule has 4 N–H and O–H groups in total. The van der Waals surface area contributed by atoms with Crippen molar-refractivity contribution in [1.29, 1.82) is 0 Å². The lowest BCUT2D eigenvalue weighted by Gasteiger charge is -2.22. The van der Waals surface area contributed by atoms with Crippen molar-refractivity contribution in [3.05, 3.63) is 29.8 Å². The molecule has 0 aliphatic rings. The van der Waals surface area contributed by atoms with Gasteiger partial charge in [0, 0.05) is 5.56 Å². The molecule has 1 aromatic carbocycles. The lowest BCUT2D eigenvalue weighted by Crippen LogP contribution is -2.48. The Labute approximate surface area is 157 Å². The van der Waals surface area contributed by atoms with Gasteiger partial charge in [-0.2, -0.15) is 0 Å². The highest BCUT2D eigenvalue weighted by atomic mass is 16.5. The number of amides is 4. The van der Waals surface area contributed by atoms with E-state index in [1.165, 1.54) is 6.92 Å². The number of ether oxygens (including phenoxy) is 2. The van der Waals surface area contributed by atoms with Crippen LogP contribution in [0.4, 0.5) is 4.79 Å². The minimum atomic E-state index is -1.24. The summed E-state index contributed by atoms with van der Waals surface area (Å²) in [5, 5.41) is 4.41. The summed E-state index contributed by atoms with van der Waals surface area (Å²) in [6.45, 7) is 7.09. The number of esters is 1. The molecule has 9 nitrogen and oxygen atoms in total. The van der Waals surface area contributed by atoms with Crippen LogP contribution in [0.15, 0.2) is 24.3 Å². The SMILES string of the molecule is CCOc1ccc(C(=O)N[C@H](C(=O)O[C@@H](C)C(=O)NC(N)=O)C(C)C)cc1. The van der Waals surface area contributed by atoms with Crippen molar-refractivity contribution in [3.8, 4) is 5.75 Å². The molecule has 0 aliphatic heterocycles. The van der Waals surface area contributed by atoms with Crippen LogP contribution >= 0.6 is 0 Å². The number of rotatable bonds is 8. The summed E-state index contributed by atoms with van der Waals surface area (Å²) in [5.41, 5.74) is 5.20. The van der Waals surface area contributed by atoms with Crippen molar-refractivity contribution in [3.63, 3.8) is 0 Å². The number of carbonyl (C=O) groups excluding carboxylic acids is 4. The fraction of sp³-hybridized carbons (Fsp3) is 0.444. The van der Waals surface area contributed by atoms with E-state index in [0.717, 1.165) is 0 Å². The fourth-order valence-corrected chi connectivity index (χ4v) is 2.12. The zero-order valence-electron chi connectivity index (χ0n) is 15.8. The summed E-state index contributed by atoms with van der Waals surface area (Å²) in [4.78, 5) is 47.1. The number of primary amides is 1. The van der Waals surface area contributed by atoms with E-state index in [1.807, 2.05) is 12.2 Å². The van der Waals surface area contributed by atoms with Crippen LogP contribution in [-0.2, 0) is 14.3 Å². The van der Waals surface area contributed by atoms with Gasteiger partial charge < -0.3 is 20.5 Å². The first-order chi connectivity index (χ1) is 12.6. The summed E-state index contributed by atoms with van der Waals surface area (Å²) in [7, 11) is 0. The van der Waals surface area contributed by atoms with Crippen LogP contribution in [0.25, 0.3) is 0 Å². The first-order valence-electron chi connectivity index (χ1n) is 8.50. The topological polar surface area (TPSA) is 137 Å². The highest BCUT2D eigenvalue weighted by Gasteiger charge is 2.29. The van der Waals surface area contributed by atoms with Crippen LogP contribution in [-0.4, -0.2) is 42.6 Å². The third-order valence-corrected chi connectivity index (χ3v) is 3.54. The summed E-state index contributed by atoms with van der Waals surface area (Å²) in [6, 6.07) is 4.42. The van der Waals surface area contributed by atoms with Gasteiger partial charge in [-0.1, -0.05) is 13.8 Å². The molecule has 4 amide bonds. The summed E-state index contributed by atoms with van der Waals surface area (Å²) < 4.78 is 10.3. The van der Waals surface area contributed by atoms with E-state index in [4.69, 9.17) is 15.2 Å². The van der Waals surface area contributed by atoms with Gasteiger partial charge in [0.2, 0.25) is 0 Å². The molecule has 148 valence electrons. The molecular formula is C18H25N3O6. The Morgan fingerprint density at radius 3 is 2.15 bits per heavy atom. The average molecular weight is 379 g/mol. The van der Waals surface area contributed by atoms with Crippen molar-refractivity contribution in [1.82, 2.24) is 10.6 Å². The molecule has 0 radical (unpaired) electrons. The van der Waals surface area contributed by atoms with E-state index in [9.17, 15) is 19.2 Å². The smallest absolute Gasteiger partial charge is 0.329 e. The van der Waals surface area contributed by atoms with E-state index in [1.54, 1.807) is 38.1 Å². The quantitative estimate of drug-likeness (QED) is 0.576. The number of carbonyl (C=O) groups is 4. The Bertz CT molecular complexity index is 687. The molecule has 0 saturated carbocycles. The normalized spacial score (nSPS) is 12.6. The van der Waals surface area contributed by atoms with Gasteiger partial charge in [-0.25, -0.2) is 9.59 Å². The molecule has 0 aliphatic carbocycles. The first kappa shape index (κ1) is 21.9. The van der Waals surface area contributed by atoms with Gasteiger partial charge in [-0.15, -0.1) is 0 Å². The Hall–Kier alpha value is -3.10. The van der Waals surface area contributed by atoms with E-state index in [0.29, 0.717) is 17.9 Å². The number of urea groups is 1. The summed E-state index contributed by atoms with van der Waals surface area (Å²) in [6.07, 6.45) is -1.24. The molecule has 0 unspecified atom stereocenters. The maximum atomic E-state index is 12.4. The van der Waals surface area contributed by atoms with E-state index < -0.39 is 36.0 Å². The van der Waals surface area contributed by atoms with Gasteiger partial charge in [0.1, 0.15) is 11.8 Å². The van der Waals surface area contributed by atoms with Crippen LogP contribution in [0.3, 0.4) is 0 Å². The van der Waals surface area contributed by atoms with Crippen molar-refractivity contribution < 1.29 is 28.7 Å². The molecule has 0 bridgehead atoms. The second kappa shape index (κ2) is 10.1. The van der Waals surface area contributed by atoms with Crippen molar-refractivity contribution in [2.24, 2.45) is 11.7 Å². The van der Waals surface area contributed by atoms with Gasteiger partial charge >= 0.3 is 12.0 Å². The largest absolute Gasteiger partial charge is 0.494 e. The number of nitrogens with one attached hydrogen (secondary N) is 2. The minimum absolute atomic E-state index is 0.296. The molecule has 0 fully saturated rings. The molecule has 1 aromatic rings. The average Bonchev–Trinajstić information content (AvgIpc) is 2.59. The van der Waals surface area contributed by atoms with E-state index in [2.05, 4.69) is 5.32 Å². The second-order valence-corrected chi connectivity index (χ2v) is 6.09. The first-order valence-corrected chi connectivity index (χ1v) is 8.50. The zero-order chi connectivity index (χ0) is 20.6. The number of nitrogens with two attached hydrogens (primary N) is 1. The molecular weight excluding hydrogens is 354 g/mol. The lowest BCUT2D eigenvalue weighted by atomic mass is 10.0. The highest BCUT2D eigenvalue weighted by Crippen LogP contribution is 2.13. The van der Waals surface area contributed by atoms with Crippen LogP contribution in [0, 0.1) is 5.92 Å². The summed E-state index contributed by atoms with van der Waals surface area (Å²) in [5.74, 6) is -1.78. The van der Waals surface area contributed by atoms with Crippen LogP contribution in [0.1, 0.15) is 38.1 Å². The Kier molecular flexibility index (Phi) is 8.25. The van der Waals surface area contributed by atoms with Crippen molar-refractivity contribution in [2.45, 2.75) is 39.8 Å². The maximum absolute atomic E-state index is 12.4. The fourth-order valence-electron chi connectivity index (χ4n) is 2.12. The molecule has 1 rings (SSSR count). The highest BCUT2D eigenvalue weighted by molar-refractivity contribution is 5.98. The Morgan fingerprint density at radius 2 is 1.67 bits per heavy atom. The second-order valence-electron chi connectivity index (χ2n) is 6.09. The van der Waals surface area contributed by atoms with Crippen LogP contribution in [0.5, 0.6) is 5.75 Å². The monoisotopic (exact) mass is 379 g/mol. The minimum Gasteiger partial charge on any atom is -0.494 e. The molecule has 9 heteroatoms. The van der Waals surface area contributed by atoms with Gasteiger partial charge in [-0.3, -0.25) is 14.9 Å². The molecule has 2 atom stereocenters. The third-order valence-electron chi connectivity index (χ3n) is 3.54. The number of imide groups is 1. The van der Waals surface area contributed by atoms with Gasteiger partial charge in [0.05, 0.1) is 6.61 Å². The van der Waals surface area contributed by atoms with Crippen molar-refractivity contribution >= 4 is 23.8 Å². The Balaban J connectivity index is 2.77. The predicted octanol–water partition coefficient (Wildman–Crippen LogP) is 0.966. The van der Waals surface area contributed by atoms with Crippen LogP contribution in [0.2, 0.25) is 0 Å². The van der Waals surface area contributed by atoms with E-state index in [-0.39, 0.29) is 5.92 Å². The van der Waals surface area contributed by atoms with Crippen molar-refractivity contribution in [2.75, 3.05) is 6.61 Å². The standard InChI is InChI=1S/C18H25N3O6/c1-5-26-13-8-6-12(7-9-13)16(23)20-14(10(2)3)17(24)27-11(4)15(22)21-18(19)25/h6-11,14H,5H2,1-4H3,(H,20,23)(H3,19,21,22,25)/t11-,14-/m0/s1. The number of benzene rings is 1. The maximum Gasteiger partial charge on any atom is 0.329 e. The zero-order valence-corrected chi connectivity index (χ0v) is 15.8. The van der Waals surface area contributed by atoms with Crippen LogP contribution < -0.4 is 21.1 Å². The van der Waals surface area contributed by atoms with Gasteiger partial charge in [-0.05, 0) is 44.0 Å². The number of hydrogen-bond acceptors (Lipinski definition) is 6. The summed E-state index contributed by atoms with van der Waals surface area (Å²) >= 11 is 0.